The van der Waals surface area contributed by atoms with Crippen molar-refractivity contribution in [3.8, 4) is 6.07 Å². The van der Waals surface area contributed by atoms with Crippen molar-refractivity contribution >= 4 is 18.0 Å². The van der Waals surface area contributed by atoms with Gasteiger partial charge in [-0.2, -0.15) is 5.26 Å². The van der Waals surface area contributed by atoms with Crippen LogP contribution in [0.4, 0.5) is 0 Å². The summed E-state index contributed by atoms with van der Waals surface area (Å²) in [6.45, 7) is 17.1. The predicted octanol–water partition coefficient (Wildman–Crippen LogP) is 6.70. The van der Waals surface area contributed by atoms with Gasteiger partial charge in [0.1, 0.15) is 12.1 Å². The third-order valence-corrected chi connectivity index (χ3v) is 13.2. The number of carbonyl (C=O) groups excluding carboxylic acids is 3. The summed E-state index contributed by atoms with van der Waals surface area (Å²) in [5, 5.41) is 10.0. The summed E-state index contributed by atoms with van der Waals surface area (Å²) in [6, 6.07) is 2.53. The second-order valence-corrected chi connectivity index (χ2v) is 14.3. The molecule has 0 aliphatic heterocycles. The summed E-state index contributed by atoms with van der Waals surface area (Å²) in [5.41, 5.74) is -0.718. The van der Waals surface area contributed by atoms with E-state index in [1.165, 1.54) is 7.11 Å². The van der Waals surface area contributed by atoms with E-state index >= 15 is 0 Å². The average molecular weight is 510 g/mol. The van der Waals surface area contributed by atoms with E-state index < -0.39 is 10.8 Å². The van der Waals surface area contributed by atoms with Gasteiger partial charge in [-0.15, -0.1) is 0 Å². The number of Topliss-reactive ketones (excluding diaryl/α,β-unsaturated/α-hetero) is 1. The van der Waals surface area contributed by atoms with Crippen LogP contribution in [-0.2, 0) is 19.1 Å². The maximum atomic E-state index is 13.4. The molecule has 4 aliphatic rings. The smallest absolute Gasteiger partial charge is 0.312 e. The predicted molar refractivity (Wildman–Crippen MR) is 143 cm³/mol. The highest BCUT2D eigenvalue weighted by Gasteiger charge is 2.71. The van der Waals surface area contributed by atoms with E-state index in [-0.39, 0.29) is 51.7 Å². The normalized spacial score (nSPS) is 45.0. The van der Waals surface area contributed by atoms with Gasteiger partial charge in [-0.1, -0.05) is 41.2 Å². The standard InChI is InChI=1S/C32H47NO4/c1-20(19-34)22-11-14-32(27(36)37-8)16-15-30(6)23(26(22)32)9-10-25-29(5,17-18-33)24(12-13-31(25,30)7)28(3,4)21(2)35/h19,22-26H,1,9-17H2,2-8H3/t22-,23+,24-,25+,26+,29-,30+,31+,32-/m0/s1. The molecule has 0 aromatic heterocycles. The molecule has 9 atom stereocenters. The van der Waals surface area contributed by atoms with Gasteiger partial charge in [0.25, 0.3) is 0 Å². The van der Waals surface area contributed by atoms with Gasteiger partial charge in [-0.3, -0.25) is 14.4 Å². The van der Waals surface area contributed by atoms with Gasteiger partial charge in [0.05, 0.1) is 18.6 Å². The van der Waals surface area contributed by atoms with E-state index in [0.717, 1.165) is 57.7 Å². The highest BCUT2D eigenvalue weighted by molar-refractivity contribution is 5.82. The Morgan fingerprint density at radius 3 is 2.30 bits per heavy atom. The molecule has 0 saturated heterocycles. The Hall–Kier alpha value is -1.96. The van der Waals surface area contributed by atoms with Gasteiger partial charge < -0.3 is 4.74 Å². The Labute approximate surface area is 223 Å². The fourth-order valence-corrected chi connectivity index (χ4v) is 10.9. The lowest BCUT2D eigenvalue weighted by atomic mass is 9.33. The molecule has 0 N–H and O–H groups in total. The number of methoxy groups -OCH3 is 1. The Kier molecular flexibility index (Phi) is 6.87. The van der Waals surface area contributed by atoms with Crippen LogP contribution in [-0.4, -0.2) is 25.1 Å². The van der Waals surface area contributed by atoms with Gasteiger partial charge in [-0.05, 0) is 110 Å². The number of nitrogens with zero attached hydrogens (tertiary/aromatic N) is 1. The maximum absolute atomic E-state index is 13.4. The Bertz CT molecular complexity index is 1040. The molecular formula is C32H47NO4. The lowest BCUT2D eigenvalue weighted by Crippen LogP contribution is -2.65. The number of aldehydes is 1. The van der Waals surface area contributed by atoms with E-state index in [1.54, 1.807) is 6.92 Å². The lowest BCUT2D eigenvalue weighted by molar-refractivity contribution is -0.229. The number of carbonyl (C=O) groups is 3. The van der Waals surface area contributed by atoms with Crippen molar-refractivity contribution in [3.63, 3.8) is 0 Å². The first-order valence-corrected chi connectivity index (χ1v) is 14.3. The van der Waals surface area contributed by atoms with Crippen LogP contribution in [0, 0.1) is 68.0 Å². The summed E-state index contributed by atoms with van der Waals surface area (Å²) in [5.74, 6) is 0.915. The monoisotopic (exact) mass is 509 g/mol. The molecule has 0 aromatic carbocycles. The van der Waals surface area contributed by atoms with Crippen LogP contribution in [0.25, 0.3) is 0 Å². The molecular weight excluding hydrogens is 462 g/mol. The van der Waals surface area contributed by atoms with E-state index in [9.17, 15) is 19.6 Å². The molecule has 0 amide bonds. The Morgan fingerprint density at radius 2 is 1.73 bits per heavy atom. The summed E-state index contributed by atoms with van der Waals surface area (Å²) >= 11 is 0. The van der Waals surface area contributed by atoms with Crippen molar-refractivity contribution in [3.05, 3.63) is 12.2 Å². The van der Waals surface area contributed by atoms with Crippen molar-refractivity contribution in [2.45, 2.75) is 99.3 Å². The first kappa shape index (κ1) is 28.1. The molecule has 5 nitrogen and oxygen atoms in total. The van der Waals surface area contributed by atoms with Gasteiger partial charge in [0.15, 0.2) is 0 Å². The number of rotatable bonds is 6. The van der Waals surface area contributed by atoms with Crippen LogP contribution in [0.2, 0.25) is 0 Å². The summed E-state index contributed by atoms with van der Waals surface area (Å²) in [6.07, 6.45) is 8.54. The molecule has 0 aromatic rings. The topological polar surface area (TPSA) is 84.2 Å². The van der Waals surface area contributed by atoms with Crippen LogP contribution in [0.15, 0.2) is 12.2 Å². The molecule has 37 heavy (non-hydrogen) atoms. The minimum absolute atomic E-state index is 0.0138. The number of allylic oxidation sites excluding steroid dienone is 1. The highest BCUT2D eigenvalue weighted by atomic mass is 16.5. The van der Waals surface area contributed by atoms with Crippen molar-refractivity contribution in [1.29, 1.82) is 5.26 Å². The number of hydrogen-bond acceptors (Lipinski definition) is 5. The molecule has 0 radical (unpaired) electrons. The van der Waals surface area contributed by atoms with Crippen LogP contribution in [0.5, 0.6) is 0 Å². The first-order valence-electron chi connectivity index (χ1n) is 14.3. The van der Waals surface area contributed by atoms with Crippen molar-refractivity contribution in [2.24, 2.45) is 56.7 Å². The fourth-order valence-electron chi connectivity index (χ4n) is 10.9. The quantitative estimate of drug-likeness (QED) is 0.226. The van der Waals surface area contributed by atoms with E-state index in [4.69, 9.17) is 4.74 Å². The number of ketones is 1. The summed E-state index contributed by atoms with van der Waals surface area (Å²) < 4.78 is 5.41. The zero-order chi connectivity index (χ0) is 27.6. The number of fused-ring (bicyclic) bond motifs is 5. The van der Waals surface area contributed by atoms with E-state index in [0.29, 0.717) is 17.9 Å². The molecule has 0 unspecified atom stereocenters. The summed E-state index contributed by atoms with van der Waals surface area (Å²) in [7, 11) is 1.49. The maximum Gasteiger partial charge on any atom is 0.312 e. The fraction of sp³-hybridized carbons (Fsp3) is 0.812. The number of nitriles is 1. The second-order valence-electron chi connectivity index (χ2n) is 14.3. The molecule has 5 heteroatoms. The molecule has 0 heterocycles. The van der Waals surface area contributed by atoms with E-state index in [2.05, 4.69) is 47.3 Å². The SMILES string of the molecule is C=C(C=O)[C@@H]1CC[C@]2(C(=O)OC)CC[C@]3(C)[C@H](CC[C@@H]4[C@@](C)(CC#N)[C@H](C(C)(C)C(C)=O)CC[C@]43C)[C@@H]12. The van der Waals surface area contributed by atoms with Crippen molar-refractivity contribution in [1.82, 2.24) is 0 Å². The van der Waals surface area contributed by atoms with Crippen molar-refractivity contribution in [2.75, 3.05) is 7.11 Å². The van der Waals surface area contributed by atoms with Gasteiger partial charge >= 0.3 is 5.97 Å². The van der Waals surface area contributed by atoms with Crippen molar-refractivity contribution < 1.29 is 19.1 Å². The average Bonchev–Trinajstić information content (AvgIpc) is 3.24. The molecule has 4 saturated carbocycles. The third-order valence-electron chi connectivity index (χ3n) is 13.2. The number of ether oxygens (including phenoxy) is 1. The Morgan fingerprint density at radius 1 is 1.05 bits per heavy atom. The lowest BCUT2D eigenvalue weighted by Gasteiger charge is -2.71. The molecule has 0 bridgehead atoms. The molecule has 204 valence electrons. The van der Waals surface area contributed by atoms with Gasteiger partial charge in [-0.25, -0.2) is 0 Å². The minimum Gasteiger partial charge on any atom is -0.469 e. The molecule has 4 rings (SSSR count). The van der Waals surface area contributed by atoms with Crippen LogP contribution in [0.1, 0.15) is 99.3 Å². The zero-order valence-corrected chi connectivity index (χ0v) is 24.1. The first-order chi connectivity index (χ1) is 17.2. The Balaban J connectivity index is 1.82. The second kappa shape index (κ2) is 9.06. The molecule has 0 spiro atoms. The third kappa shape index (κ3) is 3.56. The van der Waals surface area contributed by atoms with Crippen LogP contribution >= 0.6 is 0 Å². The zero-order valence-electron chi connectivity index (χ0n) is 24.1. The van der Waals surface area contributed by atoms with E-state index in [1.807, 2.05) is 0 Å². The summed E-state index contributed by atoms with van der Waals surface area (Å²) in [4.78, 5) is 38.1. The number of esters is 1. The molecule has 4 aliphatic carbocycles. The van der Waals surface area contributed by atoms with Gasteiger partial charge in [0, 0.05) is 11.8 Å². The highest BCUT2D eigenvalue weighted by Crippen LogP contribution is 2.76. The van der Waals surface area contributed by atoms with Gasteiger partial charge in [0.2, 0.25) is 0 Å². The largest absolute Gasteiger partial charge is 0.469 e. The number of hydrogen-bond donors (Lipinski definition) is 0. The van der Waals surface area contributed by atoms with Crippen LogP contribution in [0.3, 0.4) is 0 Å². The van der Waals surface area contributed by atoms with Crippen LogP contribution < -0.4 is 0 Å². The molecule has 4 fully saturated rings. The minimum atomic E-state index is -0.539.